The van der Waals surface area contributed by atoms with Crippen LogP contribution >= 0.6 is 15.9 Å². The molecule has 0 N–H and O–H groups in total. The number of hydrogen-bond donors (Lipinski definition) is 0. The number of fused-ring (bicyclic) bond motifs is 5. The van der Waals surface area contributed by atoms with Gasteiger partial charge in [0.2, 0.25) is 0 Å². The highest BCUT2D eigenvalue weighted by Crippen LogP contribution is 2.39. The molecular weight excluding hydrogens is 362 g/mol. The number of benzene rings is 3. The Balaban J connectivity index is 2.04. The van der Waals surface area contributed by atoms with Crippen LogP contribution in [0.15, 0.2) is 81.7 Å². The molecular formula is C21H12BrNO. The van der Waals surface area contributed by atoms with Crippen molar-refractivity contribution >= 4 is 48.8 Å². The predicted octanol–water partition coefficient (Wildman–Crippen LogP) is 6.56. The van der Waals surface area contributed by atoms with Crippen molar-refractivity contribution in [2.24, 2.45) is 0 Å². The lowest BCUT2D eigenvalue weighted by atomic mass is 10.0. The fraction of sp³-hybridized carbons (Fsp3) is 0. The number of aromatic nitrogens is 1. The summed E-state index contributed by atoms with van der Waals surface area (Å²) in [5, 5.41) is 3.21. The van der Waals surface area contributed by atoms with E-state index in [4.69, 9.17) is 9.40 Å². The minimum absolute atomic E-state index is 0.891. The minimum Gasteiger partial charge on any atom is -0.455 e. The van der Waals surface area contributed by atoms with E-state index in [1.807, 2.05) is 48.5 Å². The molecule has 3 heteroatoms. The van der Waals surface area contributed by atoms with Gasteiger partial charge < -0.3 is 4.42 Å². The topological polar surface area (TPSA) is 26.0 Å². The van der Waals surface area contributed by atoms with Gasteiger partial charge in [-0.1, -0.05) is 58.4 Å². The zero-order valence-electron chi connectivity index (χ0n) is 12.7. The number of hydrogen-bond acceptors (Lipinski definition) is 2. The van der Waals surface area contributed by atoms with Crippen molar-refractivity contribution in [1.82, 2.24) is 4.98 Å². The van der Waals surface area contributed by atoms with Crippen LogP contribution in [0, 0.1) is 0 Å². The molecule has 0 amide bonds. The zero-order chi connectivity index (χ0) is 16.1. The van der Waals surface area contributed by atoms with Crippen LogP contribution in [0.4, 0.5) is 0 Å². The number of rotatable bonds is 1. The van der Waals surface area contributed by atoms with Crippen molar-refractivity contribution in [2.45, 2.75) is 0 Å². The first kappa shape index (κ1) is 13.8. The van der Waals surface area contributed by atoms with Gasteiger partial charge in [-0.2, -0.15) is 0 Å². The van der Waals surface area contributed by atoms with Crippen molar-refractivity contribution in [2.75, 3.05) is 0 Å². The zero-order valence-corrected chi connectivity index (χ0v) is 14.2. The SMILES string of the molecule is Brc1cccc(-c2nc3ccccc3c3oc4ccccc4c23)c1. The van der Waals surface area contributed by atoms with Crippen molar-refractivity contribution in [3.63, 3.8) is 0 Å². The van der Waals surface area contributed by atoms with Gasteiger partial charge in [0, 0.05) is 20.8 Å². The van der Waals surface area contributed by atoms with Crippen LogP contribution in [0.5, 0.6) is 0 Å². The molecule has 3 aromatic carbocycles. The third-order valence-electron chi connectivity index (χ3n) is 4.31. The fourth-order valence-electron chi connectivity index (χ4n) is 3.25. The van der Waals surface area contributed by atoms with Crippen LogP contribution in [-0.4, -0.2) is 4.98 Å². The molecule has 0 unspecified atom stereocenters. The fourth-order valence-corrected chi connectivity index (χ4v) is 3.65. The van der Waals surface area contributed by atoms with Crippen LogP contribution < -0.4 is 0 Å². The maximum atomic E-state index is 6.21. The molecule has 24 heavy (non-hydrogen) atoms. The Bertz CT molecular complexity index is 1220. The van der Waals surface area contributed by atoms with Crippen LogP contribution in [0.1, 0.15) is 0 Å². The Morgan fingerprint density at radius 1 is 0.792 bits per heavy atom. The lowest BCUT2D eigenvalue weighted by Gasteiger charge is -2.06. The first-order chi connectivity index (χ1) is 11.8. The van der Waals surface area contributed by atoms with E-state index >= 15 is 0 Å². The summed E-state index contributed by atoms with van der Waals surface area (Å²) in [6.07, 6.45) is 0. The molecule has 0 spiro atoms. The van der Waals surface area contributed by atoms with Crippen LogP contribution in [0.3, 0.4) is 0 Å². The number of pyridine rings is 1. The van der Waals surface area contributed by atoms with Gasteiger partial charge in [-0.25, -0.2) is 4.98 Å². The number of halogens is 1. The molecule has 114 valence electrons. The monoisotopic (exact) mass is 373 g/mol. The van der Waals surface area contributed by atoms with Gasteiger partial charge in [-0.05, 0) is 30.3 Å². The highest BCUT2D eigenvalue weighted by molar-refractivity contribution is 9.10. The summed E-state index contributed by atoms with van der Waals surface area (Å²) < 4.78 is 7.24. The molecule has 0 atom stereocenters. The van der Waals surface area contributed by atoms with E-state index in [9.17, 15) is 0 Å². The molecule has 2 heterocycles. The third kappa shape index (κ3) is 1.98. The largest absolute Gasteiger partial charge is 0.455 e. The molecule has 0 saturated carbocycles. The van der Waals surface area contributed by atoms with E-state index in [1.165, 1.54) is 0 Å². The normalized spacial score (nSPS) is 11.5. The second-order valence-electron chi connectivity index (χ2n) is 5.79. The highest BCUT2D eigenvalue weighted by atomic mass is 79.9. The highest BCUT2D eigenvalue weighted by Gasteiger charge is 2.17. The second-order valence-corrected chi connectivity index (χ2v) is 6.71. The van der Waals surface area contributed by atoms with E-state index in [0.717, 1.165) is 48.6 Å². The van der Waals surface area contributed by atoms with Gasteiger partial charge in [-0.3, -0.25) is 0 Å². The van der Waals surface area contributed by atoms with Crippen molar-refractivity contribution in [3.05, 3.63) is 77.3 Å². The molecule has 0 fully saturated rings. The molecule has 0 saturated heterocycles. The first-order valence-electron chi connectivity index (χ1n) is 7.77. The Morgan fingerprint density at radius 2 is 1.58 bits per heavy atom. The molecule has 0 aliphatic heterocycles. The Labute approximate surface area is 146 Å². The average Bonchev–Trinajstić information content (AvgIpc) is 3.01. The Kier molecular flexibility index (Phi) is 2.97. The maximum absolute atomic E-state index is 6.21. The summed E-state index contributed by atoms with van der Waals surface area (Å²) >= 11 is 3.56. The smallest absolute Gasteiger partial charge is 0.147 e. The maximum Gasteiger partial charge on any atom is 0.147 e. The molecule has 5 aromatic rings. The van der Waals surface area contributed by atoms with Gasteiger partial charge in [0.15, 0.2) is 0 Å². The molecule has 0 bridgehead atoms. The molecule has 2 aromatic heterocycles. The quantitative estimate of drug-likeness (QED) is 0.332. The van der Waals surface area contributed by atoms with E-state index in [0.29, 0.717) is 0 Å². The molecule has 0 radical (unpaired) electrons. The standard InChI is InChI=1S/C21H12BrNO/c22-14-7-5-6-13(12-14)20-19-16-9-2-4-11-18(16)24-21(19)15-8-1-3-10-17(15)23-20/h1-12H. The van der Waals surface area contributed by atoms with Gasteiger partial charge in [0.25, 0.3) is 0 Å². The van der Waals surface area contributed by atoms with E-state index in [2.05, 4.69) is 40.2 Å². The summed E-state index contributed by atoms with van der Waals surface area (Å²) in [6.45, 7) is 0. The summed E-state index contributed by atoms with van der Waals surface area (Å²) in [5.74, 6) is 0. The Morgan fingerprint density at radius 3 is 2.46 bits per heavy atom. The van der Waals surface area contributed by atoms with Gasteiger partial charge in [0.1, 0.15) is 11.2 Å². The number of furan rings is 1. The lowest BCUT2D eigenvalue weighted by Crippen LogP contribution is -1.88. The van der Waals surface area contributed by atoms with Gasteiger partial charge in [-0.15, -0.1) is 0 Å². The van der Waals surface area contributed by atoms with E-state index in [-0.39, 0.29) is 0 Å². The minimum atomic E-state index is 0.891. The van der Waals surface area contributed by atoms with Crippen molar-refractivity contribution < 1.29 is 4.42 Å². The van der Waals surface area contributed by atoms with Crippen LogP contribution in [0.2, 0.25) is 0 Å². The molecule has 5 rings (SSSR count). The third-order valence-corrected chi connectivity index (χ3v) is 4.80. The predicted molar refractivity (Wildman–Crippen MR) is 102 cm³/mol. The van der Waals surface area contributed by atoms with Crippen molar-refractivity contribution in [1.29, 1.82) is 0 Å². The van der Waals surface area contributed by atoms with Gasteiger partial charge in [0.05, 0.1) is 16.6 Å². The summed E-state index contributed by atoms with van der Waals surface area (Å²) in [7, 11) is 0. The summed E-state index contributed by atoms with van der Waals surface area (Å²) in [6, 6.07) is 24.5. The second kappa shape index (κ2) is 5.18. The van der Waals surface area contributed by atoms with E-state index in [1.54, 1.807) is 0 Å². The van der Waals surface area contributed by atoms with Crippen molar-refractivity contribution in [3.8, 4) is 11.3 Å². The first-order valence-corrected chi connectivity index (χ1v) is 8.56. The number of nitrogens with zero attached hydrogens (tertiary/aromatic N) is 1. The number of para-hydroxylation sites is 2. The summed E-state index contributed by atoms with van der Waals surface area (Å²) in [4.78, 5) is 4.96. The van der Waals surface area contributed by atoms with Crippen LogP contribution in [0.25, 0.3) is 44.1 Å². The molecule has 0 aliphatic rings. The van der Waals surface area contributed by atoms with Gasteiger partial charge >= 0.3 is 0 Å². The lowest BCUT2D eigenvalue weighted by molar-refractivity contribution is 0.672. The average molecular weight is 374 g/mol. The molecule has 2 nitrogen and oxygen atoms in total. The van der Waals surface area contributed by atoms with Crippen LogP contribution in [-0.2, 0) is 0 Å². The Hall–Kier alpha value is -2.65. The molecule has 0 aliphatic carbocycles. The summed E-state index contributed by atoms with van der Waals surface area (Å²) in [5.41, 5.74) is 4.76. The van der Waals surface area contributed by atoms with E-state index < -0.39 is 0 Å².